The van der Waals surface area contributed by atoms with Gasteiger partial charge in [0.1, 0.15) is 0 Å². The maximum atomic E-state index is 11.0. The molecule has 0 atom stereocenters. The average Bonchev–Trinajstić information content (AvgIpc) is 2.58. The fraction of sp³-hybridized carbons (Fsp3) is 0.381. The molecule has 120 valence electrons. The van der Waals surface area contributed by atoms with Crippen LogP contribution >= 0.6 is 0 Å². The molecule has 2 rings (SSSR count). The summed E-state index contributed by atoms with van der Waals surface area (Å²) in [5, 5.41) is 0. The van der Waals surface area contributed by atoms with Gasteiger partial charge in [0, 0.05) is 5.56 Å². The van der Waals surface area contributed by atoms with Crippen LogP contribution in [-0.2, 0) is 12.8 Å². The standard InChI is InChI=1S/C10H12O.C9H12.C2H6/c1-3-9-6-4-5-7-10(9)8(2)11;1-3-9-6-4-8(2)5-7-9;1-2/h4-7H,3H2,1-2H3;4-7H,3H2,1-2H3;1-2H3. The van der Waals surface area contributed by atoms with Crippen molar-refractivity contribution in [2.75, 3.05) is 0 Å². The lowest BCUT2D eigenvalue weighted by Crippen LogP contribution is -1.97. The van der Waals surface area contributed by atoms with Gasteiger partial charge in [-0.15, -0.1) is 0 Å². The van der Waals surface area contributed by atoms with Gasteiger partial charge in [0.05, 0.1) is 0 Å². The van der Waals surface area contributed by atoms with E-state index in [9.17, 15) is 4.79 Å². The molecule has 0 spiro atoms. The van der Waals surface area contributed by atoms with Gasteiger partial charge in [-0.2, -0.15) is 0 Å². The van der Waals surface area contributed by atoms with Crippen LogP contribution in [0.4, 0.5) is 0 Å². The van der Waals surface area contributed by atoms with Gasteiger partial charge in [0.25, 0.3) is 0 Å². The number of ketones is 1. The average molecular weight is 298 g/mol. The largest absolute Gasteiger partial charge is 0.295 e. The number of carbonyl (C=O) groups excluding carboxylic acids is 1. The summed E-state index contributed by atoms with van der Waals surface area (Å²) in [6.45, 7) is 11.9. The third-order valence-electron chi connectivity index (χ3n) is 3.31. The molecule has 0 amide bonds. The molecule has 0 radical (unpaired) electrons. The SMILES string of the molecule is CC.CCc1ccc(C)cc1.CCc1ccccc1C(C)=O. The number of hydrogen-bond acceptors (Lipinski definition) is 1. The Bertz CT molecular complexity index is 538. The van der Waals surface area contributed by atoms with Crippen LogP contribution in [0.1, 0.15) is 61.7 Å². The van der Waals surface area contributed by atoms with Crippen molar-refractivity contribution in [3.8, 4) is 0 Å². The summed E-state index contributed by atoms with van der Waals surface area (Å²) in [5.41, 5.74) is 4.75. The molecule has 1 heteroatoms. The second-order valence-electron chi connectivity index (χ2n) is 4.91. The molecule has 0 saturated carbocycles. The topological polar surface area (TPSA) is 17.1 Å². The summed E-state index contributed by atoms with van der Waals surface area (Å²) in [6, 6.07) is 16.4. The van der Waals surface area contributed by atoms with Crippen molar-refractivity contribution >= 4 is 5.78 Å². The van der Waals surface area contributed by atoms with Crippen LogP contribution in [0, 0.1) is 6.92 Å². The lowest BCUT2D eigenvalue weighted by molar-refractivity contribution is 0.101. The molecule has 0 saturated heterocycles. The second-order valence-corrected chi connectivity index (χ2v) is 4.91. The molecule has 0 unspecified atom stereocenters. The molecule has 0 aliphatic rings. The van der Waals surface area contributed by atoms with E-state index < -0.39 is 0 Å². The summed E-state index contributed by atoms with van der Waals surface area (Å²) in [7, 11) is 0. The summed E-state index contributed by atoms with van der Waals surface area (Å²) in [5.74, 6) is 0.155. The third-order valence-corrected chi connectivity index (χ3v) is 3.31. The first-order valence-corrected chi connectivity index (χ1v) is 8.22. The number of carbonyl (C=O) groups is 1. The first kappa shape index (κ1) is 20.1. The van der Waals surface area contributed by atoms with Crippen molar-refractivity contribution in [1.29, 1.82) is 0 Å². The van der Waals surface area contributed by atoms with E-state index in [2.05, 4.69) is 45.0 Å². The van der Waals surface area contributed by atoms with Gasteiger partial charge in [-0.05, 0) is 37.8 Å². The smallest absolute Gasteiger partial charge is 0.160 e. The summed E-state index contributed by atoms with van der Waals surface area (Å²) < 4.78 is 0. The monoisotopic (exact) mass is 298 g/mol. The van der Waals surface area contributed by atoms with E-state index in [1.54, 1.807) is 6.92 Å². The number of benzene rings is 2. The fourth-order valence-electron chi connectivity index (χ4n) is 2.00. The first-order valence-electron chi connectivity index (χ1n) is 8.22. The molecular weight excluding hydrogens is 268 g/mol. The molecule has 0 aromatic heterocycles. The zero-order valence-electron chi connectivity index (χ0n) is 14.9. The lowest BCUT2D eigenvalue weighted by Gasteiger charge is -2.01. The van der Waals surface area contributed by atoms with Gasteiger partial charge in [-0.25, -0.2) is 0 Å². The predicted octanol–water partition coefficient (Wildman–Crippen LogP) is 6.04. The zero-order valence-corrected chi connectivity index (χ0v) is 14.9. The van der Waals surface area contributed by atoms with Crippen molar-refractivity contribution in [2.24, 2.45) is 0 Å². The number of hydrogen-bond donors (Lipinski definition) is 0. The Morgan fingerprint density at radius 2 is 1.41 bits per heavy atom. The zero-order chi connectivity index (χ0) is 17.0. The summed E-state index contributed by atoms with van der Waals surface area (Å²) >= 11 is 0. The highest BCUT2D eigenvalue weighted by atomic mass is 16.1. The molecule has 0 bridgehead atoms. The quantitative estimate of drug-likeness (QED) is 0.632. The molecule has 1 nitrogen and oxygen atoms in total. The van der Waals surface area contributed by atoms with Gasteiger partial charge in [-0.1, -0.05) is 81.8 Å². The van der Waals surface area contributed by atoms with Crippen molar-refractivity contribution in [2.45, 2.75) is 54.4 Å². The Labute approximate surface area is 136 Å². The highest BCUT2D eigenvalue weighted by molar-refractivity contribution is 5.95. The van der Waals surface area contributed by atoms with Crippen LogP contribution in [0.25, 0.3) is 0 Å². The van der Waals surface area contributed by atoms with Crippen LogP contribution in [0.3, 0.4) is 0 Å². The molecular formula is C21H30O. The van der Waals surface area contributed by atoms with E-state index >= 15 is 0 Å². The predicted molar refractivity (Wildman–Crippen MR) is 97.7 cm³/mol. The summed E-state index contributed by atoms with van der Waals surface area (Å²) in [6.07, 6.45) is 2.07. The van der Waals surface area contributed by atoms with E-state index in [0.29, 0.717) is 0 Å². The van der Waals surface area contributed by atoms with Crippen molar-refractivity contribution < 1.29 is 4.79 Å². The van der Waals surface area contributed by atoms with Crippen LogP contribution in [0.2, 0.25) is 0 Å². The maximum Gasteiger partial charge on any atom is 0.160 e. The third kappa shape index (κ3) is 7.21. The van der Waals surface area contributed by atoms with Crippen LogP contribution in [0.15, 0.2) is 48.5 Å². The number of aryl methyl sites for hydroxylation is 3. The van der Waals surface area contributed by atoms with Gasteiger partial charge in [0.2, 0.25) is 0 Å². The Morgan fingerprint density at radius 3 is 1.82 bits per heavy atom. The molecule has 0 fully saturated rings. The Kier molecular flexibility index (Phi) is 10.7. The van der Waals surface area contributed by atoms with Crippen molar-refractivity contribution in [1.82, 2.24) is 0 Å². The molecule has 0 aliphatic carbocycles. The molecule has 22 heavy (non-hydrogen) atoms. The normalized spacial score (nSPS) is 9.00. The van der Waals surface area contributed by atoms with E-state index in [4.69, 9.17) is 0 Å². The Hall–Kier alpha value is -1.89. The van der Waals surface area contributed by atoms with Gasteiger partial charge >= 0.3 is 0 Å². The van der Waals surface area contributed by atoms with E-state index in [-0.39, 0.29) is 5.78 Å². The minimum absolute atomic E-state index is 0.155. The van der Waals surface area contributed by atoms with E-state index in [1.165, 1.54) is 11.1 Å². The second kappa shape index (κ2) is 11.7. The van der Waals surface area contributed by atoms with Crippen LogP contribution in [-0.4, -0.2) is 5.78 Å². The minimum Gasteiger partial charge on any atom is -0.295 e. The molecule has 0 N–H and O–H groups in total. The maximum absolute atomic E-state index is 11.0. The highest BCUT2D eigenvalue weighted by Gasteiger charge is 2.02. The van der Waals surface area contributed by atoms with Crippen LogP contribution in [0.5, 0.6) is 0 Å². The minimum atomic E-state index is 0.155. The fourth-order valence-corrected chi connectivity index (χ4v) is 2.00. The van der Waals surface area contributed by atoms with Crippen LogP contribution < -0.4 is 0 Å². The molecule has 2 aromatic rings. The molecule has 0 aliphatic heterocycles. The van der Waals surface area contributed by atoms with Crippen molar-refractivity contribution in [3.63, 3.8) is 0 Å². The van der Waals surface area contributed by atoms with Crippen molar-refractivity contribution in [3.05, 3.63) is 70.8 Å². The van der Waals surface area contributed by atoms with E-state index in [1.807, 2.05) is 38.1 Å². The molecule has 0 heterocycles. The Balaban J connectivity index is 0.000000366. The molecule has 2 aromatic carbocycles. The Morgan fingerprint density at radius 1 is 0.864 bits per heavy atom. The lowest BCUT2D eigenvalue weighted by atomic mass is 10.0. The van der Waals surface area contributed by atoms with Gasteiger partial charge in [-0.3, -0.25) is 4.79 Å². The number of rotatable bonds is 3. The first-order chi connectivity index (χ1) is 10.6. The summed E-state index contributed by atoms with van der Waals surface area (Å²) in [4.78, 5) is 11.0. The highest BCUT2D eigenvalue weighted by Crippen LogP contribution is 2.09. The number of Topliss-reactive ketones (excluding diaryl/α,β-unsaturated/α-hetero) is 1. The van der Waals surface area contributed by atoms with Gasteiger partial charge < -0.3 is 0 Å². The van der Waals surface area contributed by atoms with Gasteiger partial charge in [0.15, 0.2) is 5.78 Å². The van der Waals surface area contributed by atoms with E-state index in [0.717, 1.165) is 24.0 Å².